The molecule has 1 saturated heterocycles. The molecule has 5 nitrogen and oxygen atoms in total. The van der Waals surface area contributed by atoms with Gasteiger partial charge in [-0.2, -0.15) is 0 Å². The van der Waals surface area contributed by atoms with E-state index in [2.05, 4.69) is 0 Å². The van der Waals surface area contributed by atoms with Crippen molar-refractivity contribution < 1.29 is 17.5 Å². The van der Waals surface area contributed by atoms with Crippen molar-refractivity contribution in [2.45, 2.75) is 25.4 Å². The van der Waals surface area contributed by atoms with Crippen LogP contribution in [0.2, 0.25) is 0 Å². The predicted octanol–water partition coefficient (Wildman–Crippen LogP) is 1.49. The molecular formula is C14H21FN2O3S. The van der Waals surface area contributed by atoms with Gasteiger partial charge in [0.1, 0.15) is 5.82 Å². The van der Waals surface area contributed by atoms with Crippen LogP contribution in [0.1, 0.15) is 19.3 Å². The second kappa shape index (κ2) is 7.20. The first kappa shape index (κ1) is 16.2. The Morgan fingerprint density at radius 1 is 1.33 bits per heavy atom. The van der Waals surface area contributed by atoms with Crippen LogP contribution in [0.5, 0.6) is 0 Å². The molecule has 0 aliphatic carbocycles. The standard InChI is InChI=1S/C14H21FN2O3S/c15-12-4-6-13(7-5-12)17(9-2-8-16)21(18,19)11-14-3-1-10-20-14/h4-7,14H,1-3,8-11,16H2. The SMILES string of the molecule is NCCCN(c1ccc(F)cc1)S(=O)(=O)CC1CCCO1. The molecule has 1 fully saturated rings. The van der Waals surface area contributed by atoms with E-state index in [-0.39, 0.29) is 18.4 Å². The lowest BCUT2D eigenvalue weighted by atomic mass is 10.3. The van der Waals surface area contributed by atoms with Gasteiger partial charge in [-0.1, -0.05) is 0 Å². The van der Waals surface area contributed by atoms with Crippen molar-refractivity contribution >= 4 is 15.7 Å². The van der Waals surface area contributed by atoms with Crippen molar-refractivity contribution in [3.05, 3.63) is 30.1 Å². The van der Waals surface area contributed by atoms with Gasteiger partial charge in [-0.25, -0.2) is 12.8 Å². The predicted molar refractivity (Wildman–Crippen MR) is 80.2 cm³/mol. The molecule has 7 heteroatoms. The Bertz CT molecular complexity index is 542. The highest BCUT2D eigenvalue weighted by atomic mass is 32.2. The molecule has 0 amide bonds. The number of nitrogens with zero attached hydrogens (tertiary/aromatic N) is 1. The van der Waals surface area contributed by atoms with Gasteiger partial charge in [0.15, 0.2) is 0 Å². The fourth-order valence-electron chi connectivity index (χ4n) is 2.37. The van der Waals surface area contributed by atoms with Gasteiger partial charge < -0.3 is 10.5 Å². The highest BCUT2D eigenvalue weighted by molar-refractivity contribution is 7.92. The summed E-state index contributed by atoms with van der Waals surface area (Å²) in [5.41, 5.74) is 5.94. The van der Waals surface area contributed by atoms with Crippen molar-refractivity contribution in [1.29, 1.82) is 0 Å². The van der Waals surface area contributed by atoms with E-state index in [1.165, 1.54) is 28.6 Å². The second-order valence-electron chi connectivity index (χ2n) is 5.10. The Balaban J connectivity index is 2.19. The van der Waals surface area contributed by atoms with Crippen molar-refractivity contribution in [2.24, 2.45) is 5.73 Å². The first-order chi connectivity index (χ1) is 10.0. The van der Waals surface area contributed by atoms with Crippen LogP contribution >= 0.6 is 0 Å². The fraction of sp³-hybridized carbons (Fsp3) is 0.571. The molecule has 21 heavy (non-hydrogen) atoms. The zero-order valence-corrected chi connectivity index (χ0v) is 12.7. The number of anilines is 1. The summed E-state index contributed by atoms with van der Waals surface area (Å²) in [4.78, 5) is 0. The van der Waals surface area contributed by atoms with Gasteiger partial charge in [-0.05, 0) is 50.1 Å². The third kappa shape index (κ3) is 4.39. The number of hydrogen-bond donors (Lipinski definition) is 1. The average Bonchev–Trinajstić information content (AvgIpc) is 2.93. The Labute approximate surface area is 124 Å². The van der Waals surface area contributed by atoms with Gasteiger partial charge in [0, 0.05) is 13.2 Å². The monoisotopic (exact) mass is 316 g/mol. The zero-order valence-electron chi connectivity index (χ0n) is 11.9. The van der Waals surface area contributed by atoms with Crippen LogP contribution in [0.3, 0.4) is 0 Å². The summed E-state index contributed by atoms with van der Waals surface area (Å²) >= 11 is 0. The minimum atomic E-state index is -3.51. The lowest BCUT2D eigenvalue weighted by molar-refractivity contribution is 0.127. The molecule has 1 unspecified atom stereocenters. The molecule has 0 spiro atoms. The van der Waals surface area contributed by atoms with E-state index in [1.807, 2.05) is 0 Å². The maximum absolute atomic E-state index is 13.0. The molecule has 1 aliphatic rings. The Morgan fingerprint density at radius 3 is 2.62 bits per heavy atom. The van der Waals surface area contributed by atoms with E-state index in [4.69, 9.17) is 10.5 Å². The maximum atomic E-state index is 13.0. The molecule has 1 aromatic carbocycles. The van der Waals surface area contributed by atoms with E-state index in [0.29, 0.717) is 25.3 Å². The van der Waals surface area contributed by atoms with Crippen LogP contribution in [0.4, 0.5) is 10.1 Å². The van der Waals surface area contributed by atoms with Crippen LogP contribution in [0.15, 0.2) is 24.3 Å². The molecule has 1 aromatic rings. The third-order valence-electron chi connectivity index (χ3n) is 3.44. The van der Waals surface area contributed by atoms with Gasteiger partial charge in [0.2, 0.25) is 10.0 Å². The van der Waals surface area contributed by atoms with Crippen LogP contribution < -0.4 is 10.0 Å². The normalized spacial score (nSPS) is 18.9. The minimum Gasteiger partial charge on any atom is -0.377 e. The molecule has 2 N–H and O–H groups in total. The van der Waals surface area contributed by atoms with Crippen LogP contribution in [-0.4, -0.2) is 40.0 Å². The van der Waals surface area contributed by atoms with E-state index in [9.17, 15) is 12.8 Å². The number of nitrogens with two attached hydrogens (primary N) is 1. The molecule has 118 valence electrons. The first-order valence-electron chi connectivity index (χ1n) is 7.10. The maximum Gasteiger partial charge on any atom is 0.237 e. The quantitative estimate of drug-likeness (QED) is 0.827. The van der Waals surface area contributed by atoms with E-state index >= 15 is 0 Å². The molecule has 0 aromatic heterocycles. The highest BCUT2D eigenvalue weighted by Crippen LogP contribution is 2.22. The summed E-state index contributed by atoms with van der Waals surface area (Å²) in [6.45, 7) is 1.30. The molecule has 0 bridgehead atoms. The number of hydrogen-bond acceptors (Lipinski definition) is 4. The highest BCUT2D eigenvalue weighted by Gasteiger charge is 2.28. The second-order valence-corrected chi connectivity index (χ2v) is 7.04. The Kier molecular flexibility index (Phi) is 5.55. The van der Waals surface area contributed by atoms with Gasteiger partial charge in [-0.3, -0.25) is 4.31 Å². The van der Waals surface area contributed by atoms with Crippen LogP contribution in [0, 0.1) is 5.82 Å². The number of benzene rings is 1. The fourth-order valence-corrected chi connectivity index (χ4v) is 4.13. The summed E-state index contributed by atoms with van der Waals surface area (Å²) in [6.07, 6.45) is 1.94. The summed E-state index contributed by atoms with van der Waals surface area (Å²) in [5.74, 6) is -0.441. The van der Waals surface area contributed by atoms with Gasteiger partial charge in [0.25, 0.3) is 0 Å². The molecule has 1 aliphatic heterocycles. The summed E-state index contributed by atoms with van der Waals surface area (Å²) in [5, 5.41) is 0. The van der Waals surface area contributed by atoms with E-state index in [0.717, 1.165) is 12.8 Å². The lowest BCUT2D eigenvalue weighted by Gasteiger charge is -2.25. The van der Waals surface area contributed by atoms with Crippen LogP contribution in [-0.2, 0) is 14.8 Å². The van der Waals surface area contributed by atoms with Gasteiger partial charge in [0.05, 0.1) is 17.5 Å². The summed E-state index contributed by atoms with van der Waals surface area (Å²) in [6, 6.07) is 5.45. The molecule has 0 radical (unpaired) electrons. The molecular weight excluding hydrogens is 295 g/mol. The molecule has 0 saturated carbocycles. The smallest absolute Gasteiger partial charge is 0.237 e. The largest absolute Gasteiger partial charge is 0.377 e. The average molecular weight is 316 g/mol. The summed E-state index contributed by atoms with van der Waals surface area (Å²) in [7, 11) is -3.51. The Hall–Kier alpha value is -1.18. The van der Waals surface area contributed by atoms with Gasteiger partial charge >= 0.3 is 0 Å². The Morgan fingerprint density at radius 2 is 2.05 bits per heavy atom. The van der Waals surface area contributed by atoms with Crippen molar-refractivity contribution in [3.8, 4) is 0 Å². The van der Waals surface area contributed by atoms with E-state index in [1.54, 1.807) is 0 Å². The first-order valence-corrected chi connectivity index (χ1v) is 8.71. The number of halogens is 1. The molecule has 2 rings (SSSR count). The number of sulfonamides is 1. The van der Waals surface area contributed by atoms with Crippen molar-refractivity contribution in [1.82, 2.24) is 0 Å². The minimum absolute atomic E-state index is 0.0467. The topological polar surface area (TPSA) is 72.6 Å². The zero-order chi connectivity index (χ0) is 15.3. The van der Waals surface area contributed by atoms with E-state index < -0.39 is 15.8 Å². The van der Waals surface area contributed by atoms with Gasteiger partial charge in [-0.15, -0.1) is 0 Å². The third-order valence-corrected chi connectivity index (χ3v) is 5.29. The number of ether oxygens (including phenoxy) is 1. The van der Waals surface area contributed by atoms with Crippen molar-refractivity contribution in [3.63, 3.8) is 0 Å². The van der Waals surface area contributed by atoms with Crippen molar-refractivity contribution in [2.75, 3.05) is 29.8 Å². The molecule has 1 heterocycles. The lowest BCUT2D eigenvalue weighted by Crippen LogP contribution is -2.38. The van der Waals surface area contributed by atoms with Crippen LogP contribution in [0.25, 0.3) is 0 Å². The molecule has 1 atom stereocenters. The summed E-state index contributed by atoms with van der Waals surface area (Å²) < 4.78 is 44.9. The number of rotatable bonds is 7.